The standard InChI is InChI=1S/C22H16ClF3N2O5S/c23-17-8-6-14(22(24,25)26)10-18(17)28(34(30,31)16-4-2-1-3-5-16)12-21(29)27-15-7-9-19-20(11-15)33-13-32-19/h1-11H,12-13H2,(H,27,29). The lowest BCUT2D eigenvalue weighted by Crippen LogP contribution is -2.38. The van der Waals surface area contributed by atoms with Crippen LogP contribution in [-0.2, 0) is 21.0 Å². The van der Waals surface area contributed by atoms with Crippen molar-refractivity contribution >= 4 is 38.9 Å². The minimum Gasteiger partial charge on any atom is -0.454 e. The summed E-state index contributed by atoms with van der Waals surface area (Å²) in [5.41, 5.74) is -1.32. The zero-order valence-electron chi connectivity index (χ0n) is 17.2. The molecule has 0 aromatic heterocycles. The fourth-order valence-corrected chi connectivity index (χ4v) is 4.93. The topological polar surface area (TPSA) is 84.9 Å². The van der Waals surface area contributed by atoms with E-state index in [0.29, 0.717) is 21.9 Å². The second kappa shape index (κ2) is 9.07. The SMILES string of the molecule is O=C(CN(c1cc(C(F)(F)F)ccc1Cl)S(=O)(=O)c1ccccc1)Nc1ccc2c(c1)OCO2. The highest BCUT2D eigenvalue weighted by molar-refractivity contribution is 7.92. The van der Waals surface area contributed by atoms with Gasteiger partial charge in [0, 0.05) is 11.8 Å². The molecule has 0 saturated heterocycles. The predicted octanol–water partition coefficient (Wildman–Crippen LogP) is 4.92. The molecule has 0 radical (unpaired) electrons. The minimum atomic E-state index is -4.75. The molecule has 0 fully saturated rings. The summed E-state index contributed by atoms with van der Waals surface area (Å²) in [7, 11) is -4.46. The van der Waals surface area contributed by atoms with Gasteiger partial charge in [-0.3, -0.25) is 9.10 Å². The Labute approximate surface area is 197 Å². The van der Waals surface area contributed by atoms with Crippen LogP contribution in [0.1, 0.15) is 5.56 Å². The normalized spacial score (nSPS) is 12.9. The van der Waals surface area contributed by atoms with Crippen molar-refractivity contribution in [1.29, 1.82) is 0 Å². The molecule has 0 aliphatic carbocycles. The third-order valence-corrected chi connectivity index (χ3v) is 6.91. The van der Waals surface area contributed by atoms with Crippen molar-refractivity contribution in [2.24, 2.45) is 0 Å². The summed E-state index contributed by atoms with van der Waals surface area (Å²) in [5, 5.41) is 2.24. The van der Waals surface area contributed by atoms with Gasteiger partial charge in [-0.05, 0) is 42.5 Å². The fourth-order valence-electron chi connectivity index (χ4n) is 3.20. The first-order valence-electron chi connectivity index (χ1n) is 9.70. The van der Waals surface area contributed by atoms with Gasteiger partial charge in [0.05, 0.1) is 21.2 Å². The van der Waals surface area contributed by atoms with Crippen LogP contribution in [0.5, 0.6) is 11.5 Å². The van der Waals surface area contributed by atoms with Gasteiger partial charge in [0.2, 0.25) is 12.7 Å². The lowest BCUT2D eigenvalue weighted by molar-refractivity contribution is -0.137. The molecule has 178 valence electrons. The molecule has 1 amide bonds. The molecule has 3 aromatic carbocycles. The molecule has 1 heterocycles. The highest BCUT2D eigenvalue weighted by Crippen LogP contribution is 2.38. The molecule has 1 aliphatic rings. The number of ether oxygens (including phenoxy) is 2. The van der Waals surface area contributed by atoms with Crippen LogP contribution in [0.3, 0.4) is 0 Å². The van der Waals surface area contributed by atoms with Gasteiger partial charge in [-0.25, -0.2) is 8.42 Å². The Kier molecular flexibility index (Phi) is 6.32. The molecule has 1 N–H and O–H groups in total. The number of nitrogens with one attached hydrogen (secondary N) is 1. The first-order valence-corrected chi connectivity index (χ1v) is 11.5. The number of carbonyl (C=O) groups is 1. The number of halogens is 4. The molecule has 0 unspecified atom stereocenters. The Bertz CT molecular complexity index is 1330. The quantitative estimate of drug-likeness (QED) is 0.506. The van der Waals surface area contributed by atoms with E-state index < -0.39 is 39.9 Å². The number of sulfonamides is 1. The minimum absolute atomic E-state index is 0.0177. The number of rotatable bonds is 6. The van der Waals surface area contributed by atoms with Crippen molar-refractivity contribution < 1.29 is 35.9 Å². The first kappa shape index (κ1) is 23.7. The number of amides is 1. The van der Waals surface area contributed by atoms with Gasteiger partial charge in [-0.15, -0.1) is 0 Å². The average molecular weight is 513 g/mol. The maximum atomic E-state index is 13.4. The zero-order valence-corrected chi connectivity index (χ0v) is 18.7. The van der Waals surface area contributed by atoms with E-state index in [9.17, 15) is 26.4 Å². The number of anilines is 2. The van der Waals surface area contributed by atoms with E-state index in [0.717, 1.165) is 12.1 Å². The van der Waals surface area contributed by atoms with E-state index in [2.05, 4.69) is 5.32 Å². The van der Waals surface area contributed by atoms with Gasteiger partial charge in [0.1, 0.15) is 6.54 Å². The van der Waals surface area contributed by atoms with Crippen molar-refractivity contribution in [2.45, 2.75) is 11.1 Å². The number of fused-ring (bicyclic) bond motifs is 1. The van der Waals surface area contributed by atoms with Gasteiger partial charge in [0.15, 0.2) is 11.5 Å². The molecule has 1 aliphatic heterocycles. The summed E-state index contributed by atoms with van der Waals surface area (Å²) in [6.45, 7) is -0.823. The molecule has 7 nitrogen and oxygen atoms in total. The van der Waals surface area contributed by atoms with Gasteiger partial charge in [-0.1, -0.05) is 29.8 Å². The summed E-state index contributed by atoms with van der Waals surface area (Å²) in [6.07, 6.45) is -4.75. The van der Waals surface area contributed by atoms with Crippen LogP contribution in [0.4, 0.5) is 24.5 Å². The Morgan fingerprint density at radius 3 is 2.41 bits per heavy atom. The summed E-state index contributed by atoms with van der Waals surface area (Å²) in [4.78, 5) is 12.6. The zero-order chi connectivity index (χ0) is 24.5. The lowest BCUT2D eigenvalue weighted by Gasteiger charge is -2.26. The number of hydrogen-bond acceptors (Lipinski definition) is 5. The van der Waals surface area contributed by atoms with Crippen LogP contribution < -0.4 is 19.1 Å². The van der Waals surface area contributed by atoms with Crippen molar-refractivity contribution in [3.63, 3.8) is 0 Å². The first-order chi connectivity index (χ1) is 16.1. The number of hydrogen-bond donors (Lipinski definition) is 1. The molecule has 12 heteroatoms. The number of carbonyl (C=O) groups excluding carboxylic acids is 1. The molecular weight excluding hydrogens is 497 g/mol. The maximum absolute atomic E-state index is 13.4. The van der Waals surface area contributed by atoms with Crippen LogP contribution >= 0.6 is 11.6 Å². The smallest absolute Gasteiger partial charge is 0.416 e. The van der Waals surface area contributed by atoms with E-state index >= 15 is 0 Å². The predicted molar refractivity (Wildman–Crippen MR) is 119 cm³/mol. The third kappa shape index (κ3) is 4.90. The van der Waals surface area contributed by atoms with Crippen LogP contribution in [-0.4, -0.2) is 27.7 Å². The molecule has 34 heavy (non-hydrogen) atoms. The largest absolute Gasteiger partial charge is 0.454 e. The molecule has 0 atom stereocenters. The van der Waals surface area contributed by atoms with Crippen molar-refractivity contribution in [3.05, 3.63) is 77.3 Å². The molecule has 0 spiro atoms. The number of benzene rings is 3. The fraction of sp³-hybridized carbons (Fsp3) is 0.136. The van der Waals surface area contributed by atoms with E-state index in [4.69, 9.17) is 21.1 Å². The Balaban J connectivity index is 1.71. The number of nitrogens with zero attached hydrogens (tertiary/aromatic N) is 1. The summed E-state index contributed by atoms with van der Waals surface area (Å²) >= 11 is 6.11. The summed E-state index contributed by atoms with van der Waals surface area (Å²) in [5.74, 6) is 0.0429. The second-order valence-electron chi connectivity index (χ2n) is 7.10. The van der Waals surface area contributed by atoms with Gasteiger partial charge >= 0.3 is 6.18 Å². The molecule has 0 bridgehead atoms. The van der Waals surface area contributed by atoms with E-state index in [-0.39, 0.29) is 22.4 Å². The van der Waals surface area contributed by atoms with Crippen LogP contribution in [0.2, 0.25) is 5.02 Å². The van der Waals surface area contributed by atoms with Gasteiger partial charge in [-0.2, -0.15) is 13.2 Å². The molecule has 3 aromatic rings. The molecule has 4 rings (SSSR count). The summed E-state index contributed by atoms with van der Waals surface area (Å²) < 4.78 is 77.7. The third-order valence-electron chi connectivity index (χ3n) is 4.82. The monoisotopic (exact) mass is 512 g/mol. The highest BCUT2D eigenvalue weighted by atomic mass is 35.5. The Morgan fingerprint density at radius 2 is 1.71 bits per heavy atom. The maximum Gasteiger partial charge on any atom is 0.416 e. The van der Waals surface area contributed by atoms with Crippen molar-refractivity contribution in [1.82, 2.24) is 0 Å². The Hall–Kier alpha value is -3.44. The van der Waals surface area contributed by atoms with Crippen LogP contribution in [0, 0.1) is 0 Å². The van der Waals surface area contributed by atoms with E-state index in [1.165, 1.54) is 36.4 Å². The van der Waals surface area contributed by atoms with Crippen molar-refractivity contribution in [3.8, 4) is 11.5 Å². The van der Waals surface area contributed by atoms with Crippen LogP contribution in [0.15, 0.2) is 71.6 Å². The number of alkyl halides is 3. The highest BCUT2D eigenvalue weighted by Gasteiger charge is 2.34. The van der Waals surface area contributed by atoms with Gasteiger partial charge in [0.25, 0.3) is 10.0 Å². The summed E-state index contributed by atoms with van der Waals surface area (Å²) in [6, 6.07) is 13.8. The van der Waals surface area contributed by atoms with E-state index in [1.807, 2.05) is 0 Å². The second-order valence-corrected chi connectivity index (χ2v) is 9.37. The molecule has 0 saturated carbocycles. The average Bonchev–Trinajstić information content (AvgIpc) is 3.26. The van der Waals surface area contributed by atoms with Gasteiger partial charge < -0.3 is 14.8 Å². The van der Waals surface area contributed by atoms with Crippen molar-refractivity contribution in [2.75, 3.05) is 23.0 Å². The lowest BCUT2D eigenvalue weighted by atomic mass is 10.2. The molecular formula is C22H16ClF3N2O5S. The van der Waals surface area contributed by atoms with Crippen LogP contribution in [0.25, 0.3) is 0 Å². The van der Waals surface area contributed by atoms with E-state index in [1.54, 1.807) is 12.1 Å². The Morgan fingerprint density at radius 1 is 1.00 bits per heavy atom.